The zero-order chi connectivity index (χ0) is 10.4. The highest BCUT2D eigenvalue weighted by Gasteiger charge is 2.86. The number of halogens is 3. The highest BCUT2D eigenvalue weighted by molar-refractivity contribution is 6.51. The molecule has 1 aromatic heterocycles. The molecule has 3 aliphatic rings. The van der Waals surface area contributed by atoms with Crippen LogP contribution in [0.25, 0.3) is 0 Å². The topological polar surface area (TPSA) is 12.9 Å². The number of hydrogen-bond donors (Lipinski definition) is 0. The van der Waals surface area contributed by atoms with Crippen LogP contribution in [0.5, 0.6) is 0 Å². The van der Waals surface area contributed by atoms with Gasteiger partial charge < -0.3 is 0 Å². The van der Waals surface area contributed by atoms with Crippen LogP contribution < -0.4 is 0 Å². The molecule has 2 saturated carbocycles. The molecular formula is C11H8Cl3N. The molecule has 0 bridgehead atoms. The summed E-state index contributed by atoms with van der Waals surface area (Å²) >= 11 is 19.0. The number of aromatic nitrogens is 1. The summed E-state index contributed by atoms with van der Waals surface area (Å²) < 4.78 is -0.643. The zero-order valence-electron chi connectivity index (χ0n) is 7.75. The van der Waals surface area contributed by atoms with Crippen LogP contribution in [0.15, 0.2) is 18.3 Å². The molecule has 78 valence electrons. The first-order valence-corrected chi connectivity index (χ1v) is 6.26. The van der Waals surface area contributed by atoms with Crippen molar-refractivity contribution < 1.29 is 0 Å². The van der Waals surface area contributed by atoms with Crippen LogP contribution in [-0.4, -0.2) is 14.7 Å². The molecule has 0 unspecified atom stereocenters. The Kier molecular flexibility index (Phi) is 1.41. The lowest BCUT2D eigenvalue weighted by Gasteiger charge is -2.47. The Labute approximate surface area is 103 Å². The van der Waals surface area contributed by atoms with E-state index in [1.807, 2.05) is 12.3 Å². The van der Waals surface area contributed by atoms with Gasteiger partial charge in [-0.1, -0.05) is 6.07 Å². The third-order valence-electron chi connectivity index (χ3n) is 4.37. The Balaban J connectivity index is 1.94. The molecule has 0 saturated heterocycles. The first kappa shape index (κ1) is 9.09. The molecule has 3 aliphatic carbocycles. The lowest BCUT2D eigenvalue weighted by molar-refractivity contribution is 0.212. The number of nitrogens with zero attached hydrogens (tertiary/aromatic N) is 1. The summed E-state index contributed by atoms with van der Waals surface area (Å²) in [6, 6.07) is 4.11. The molecule has 1 heterocycles. The fourth-order valence-corrected chi connectivity index (χ4v) is 5.53. The fraction of sp³-hybridized carbons (Fsp3) is 0.545. The number of pyridine rings is 1. The van der Waals surface area contributed by atoms with E-state index in [0.717, 1.165) is 12.1 Å². The van der Waals surface area contributed by atoms with Gasteiger partial charge in [0, 0.05) is 23.2 Å². The van der Waals surface area contributed by atoms with Crippen molar-refractivity contribution in [1.29, 1.82) is 0 Å². The van der Waals surface area contributed by atoms with Gasteiger partial charge in [-0.2, -0.15) is 0 Å². The smallest absolute Gasteiger partial charge is 0.127 e. The Hall–Kier alpha value is 0.0200. The molecule has 0 N–H and O–H groups in total. The van der Waals surface area contributed by atoms with Crippen molar-refractivity contribution >= 4 is 34.8 Å². The summed E-state index contributed by atoms with van der Waals surface area (Å²) in [5.41, 5.74) is 2.34. The second-order valence-corrected chi connectivity index (χ2v) is 6.71. The maximum Gasteiger partial charge on any atom is 0.127 e. The SMILES string of the molecule is Cl[C@@H]1[C@@H]2c3ncccc3[C@H]3CC(Cl)(Cl)[C@@]312. The lowest BCUT2D eigenvalue weighted by atomic mass is 9.68. The molecule has 0 radical (unpaired) electrons. The first-order valence-electron chi connectivity index (χ1n) is 5.07. The van der Waals surface area contributed by atoms with E-state index in [1.165, 1.54) is 5.56 Å². The van der Waals surface area contributed by atoms with Crippen LogP contribution in [-0.2, 0) is 0 Å². The van der Waals surface area contributed by atoms with E-state index in [9.17, 15) is 0 Å². The van der Waals surface area contributed by atoms with Gasteiger partial charge in [0.25, 0.3) is 0 Å². The second kappa shape index (κ2) is 2.32. The van der Waals surface area contributed by atoms with E-state index >= 15 is 0 Å². The number of alkyl halides is 3. The van der Waals surface area contributed by atoms with Crippen molar-refractivity contribution in [1.82, 2.24) is 4.98 Å². The molecule has 15 heavy (non-hydrogen) atoms. The quantitative estimate of drug-likeness (QED) is 0.651. The standard InChI is InChI=1S/C11H8Cl3N/c12-9-7-8-5(2-1-3-15-8)6-4-10(13,14)11(6,7)9/h1-3,6-7,9H,4H2/t6-,7+,9-,11-/m1/s1. The molecule has 1 nitrogen and oxygen atoms in total. The molecule has 0 aliphatic heterocycles. The Morgan fingerprint density at radius 1 is 1.40 bits per heavy atom. The molecule has 1 spiro atoms. The summed E-state index contributed by atoms with van der Waals surface area (Å²) in [6.45, 7) is 0. The van der Waals surface area contributed by atoms with Gasteiger partial charge >= 0.3 is 0 Å². The minimum absolute atomic E-state index is 0.0775. The van der Waals surface area contributed by atoms with Crippen molar-refractivity contribution in [3.8, 4) is 0 Å². The Bertz CT molecular complexity index is 469. The molecular weight excluding hydrogens is 252 g/mol. The normalized spacial score (nSPS) is 47.5. The van der Waals surface area contributed by atoms with E-state index in [2.05, 4.69) is 11.1 Å². The van der Waals surface area contributed by atoms with Gasteiger partial charge in [0.1, 0.15) is 4.33 Å². The van der Waals surface area contributed by atoms with Crippen LogP contribution in [0.4, 0.5) is 0 Å². The van der Waals surface area contributed by atoms with E-state index in [4.69, 9.17) is 34.8 Å². The van der Waals surface area contributed by atoms with Gasteiger partial charge in [0.2, 0.25) is 0 Å². The molecule has 0 amide bonds. The molecule has 4 heteroatoms. The maximum atomic E-state index is 6.34. The summed E-state index contributed by atoms with van der Waals surface area (Å²) in [4.78, 5) is 4.43. The average molecular weight is 261 g/mol. The third-order valence-corrected chi connectivity index (χ3v) is 5.94. The van der Waals surface area contributed by atoms with Crippen molar-refractivity contribution in [3.05, 3.63) is 29.6 Å². The predicted octanol–water partition coefficient (Wildman–Crippen LogP) is 3.45. The van der Waals surface area contributed by atoms with E-state index < -0.39 is 4.33 Å². The number of fused-ring (bicyclic) bond motifs is 3. The van der Waals surface area contributed by atoms with E-state index in [1.54, 1.807) is 0 Å². The second-order valence-electron chi connectivity index (χ2n) is 4.75. The van der Waals surface area contributed by atoms with E-state index in [0.29, 0.717) is 5.92 Å². The van der Waals surface area contributed by atoms with Gasteiger partial charge in [0.15, 0.2) is 0 Å². The van der Waals surface area contributed by atoms with Crippen LogP contribution in [0.2, 0.25) is 0 Å². The van der Waals surface area contributed by atoms with Crippen molar-refractivity contribution in [3.63, 3.8) is 0 Å². The van der Waals surface area contributed by atoms with Crippen molar-refractivity contribution in [2.75, 3.05) is 0 Å². The Morgan fingerprint density at radius 3 is 2.93 bits per heavy atom. The van der Waals surface area contributed by atoms with Gasteiger partial charge in [0.05, 0.1) is 5.38 Å². The van der Waals surface area contributed by atoms with Crippen molar-refractivity contribution in [2.45, 2.75) is 28.0 Å². The van der Waals surface area contributed by atoms with Crippen LogP contribution >= 0.6 is 34.8 Å². The van der Waals surface area contributed by atoms with Crippen molar-refractivity contribution in [2.24, 2.45) is 5.41 Å². The Morgan fingerprint density at radius 2 is 2.20 bits per heavy atom. The average Bonchev–Trinajstić information content (AvgIpc) is 2.76. The largest absolute Gasteiger partial charge is 0.261 e. The van der Waals surface area contributed by atoms with Crippen LogP contribution in [0, 0.1) is 5.41 Å². The number of rotatable bonds is 0. The van der Waals surface area contributed by atoms with Gasteiger partial charge in [-0.05, 0) is 24.0 Å². The highest BCUT2D eigenvalue weighted by atomic mass is 35.5. The monoisotopic (exact) mass is 259 g/mol. The van der Waals surface area contributed by atoms with Gasteiger partial charge in [-0.15, -0.1) is 34.8 Å². The highest BCUT2D eigenvalue weighted by Crippen LogP contribution is 2.88. The summed E-state index contributed by atoms with van der Waals surface area (Å²) in [6.07, 6.45) is 2.64. The van der Waals surface area contributed by atoms with E-state index in [-0.39, 0.29) is 16.7 Å². The third kappa shape index (κ3) is 0.721. The molecule has 4 atom stereocenters. The molecule has 0 aromatic carbocycles. The molecule has 2 fully saturated rings. The minimum atomic E-state index is -0.643. The van der Waals surface area contributed by atoms with Gasteiger partial charge in [-0.25, -0.2) is 0 Å². The summed E-state index contributed by atoms with van der Waals surface area (Å²) in [5.74, 6) is 0.716. The lowest BCUT2D eigenvalue weighted by Crippen LogP contribution is -2.47. The maximum absolute atomic E-state index is 6.34. The van der Waals surface area contributed by atoms with Crippen LogP contribution in [0.3, 0.4) is 0 Å². The summed E-state index contributed by atoms with van der Waals surface area (Å²) in [7, 11) is 0. The van der Waals surface area contributed by atoms with Crippen LogP contribution in [0.1, 0.15) is 29.5 Å². The van der Waals surface area contributed by atoms with Gasteiger partial charge in [-0.3, -0.25) is 4.98 Å². The zero-order valence-corrected chi connectivity index (χ0v) is 10.0. The first-order chi connectivity index (χ1) is 7.11. The summed E-state index contributed by atoms with van der Waals surface area (Å²) in [5, 5.41) is 0.0775. The fourth-order valence-electron chi connectivity index (χ4n) is 3.64. The minimum Gasteiger partial charge on any atom is -0.261 e. The molecule has 4 rings (SSSR count). The number of hydrogen-bond acceptors (Lipinski definition) is 1. The molecule has 1 aromatic rings. The predicted molar refractivity (Wildman–Crippen MR) is 60.8 cm³/mol.